The maximum Gasteiger partial charge on any atom is 0 e. The first-order valence-corrected chi connectivity index (χ1v) is 3.84. The molecule has 0 saturated heterocycles. The third kappa shape index (κ3) is 3.32. The number of aromatic nitrogens is 1. The molecule has 0 saturated carbocycles. The summed E-state index contributed by atoms with van der Waals surface area (Å²) in [7, 11) is 0. The van der Waals surface area contributed by atoms with Crippen LogP contribution in [0.2, 0.25) is 0 Å². The molecule has 0 unspecified atom stereocenters. The van der Waals surface area contributed by atoms with Crippen molar-refractivity contribution >= 4 is 17.0 Å². The molecule has 1 heterocycles. The number of pyridine rings is 1. The molecule has 68 valence electrons. The molecule has 14 heavy (non-hydrogen) atoms. The van der Waals surface area contributed by atoms with Gasteiger partial charge in [-0.25, -0.2) is 0 Å². The molecule has 1 aromatic heterocycles. The van der Waals surface area contributed by atoms with Gasteiger partial charge in [0, 0.05) is 19.5 Å². The first-order chi connectivity index (χ1) is 5.97. The van der Waals surface area contributed by atoms with Gasteiger partial charge in [-0.15, -0.1) is 28.6 Å². The van der Waals surface area contributed by atoms with Crippen molar-refractivity contribution in [1.29, 1.82) is 0 Å². The number of benzene rings is 1. The van der Waals surface area contributed by atoms with Crippen LogP contribution < -0.4 is 0 Å². The first kappa shape index (κ1) is 13.5. The number of rotatable bonds is 1. The Morgan fingerprint density at radius 3 is 2.21 bits per heavy atom. The van der Waals surface area contributed by atoms with Crippen molar-refractivity contribution < 1.29 is 19.5 Å². The van der Waals surface area contributed by atoms with E-state index in [0.717, 1.165) is 5.56 Å². The Balaban J connectivity index is 0.000000845. The van der Waals surface area contributed by atoms with Crippen molar-refractivity contribution in [2.24, 2.45) is 0 Å². The summed E-state index contributed by atoms with van der Waals surface area (Å²) in [6.45, 7) is 0. The van der Waals surface area contributed by atoms with Gasteiger partial charge >= 0.3 is 0 Å². The van der Waals surface area contributed by atoms with Crippen LogP contribution >= 0.6 is 17.0 Å². The third-order valence-electron chi connectivity index (χ3n) is 1.73. The van der Waals surface area contributed by atoms with Gasteiger partial charge < -0.3 is 4.98 Å². The third-order valence-corrected chi connectivity index (χ3v) is 1.73. The minimum atomic E-state index is 0. The molecule has 1 aromatic carbocycles. The maximum absolute atomic E-state index is 3.85. The molecule has 0 aliphatic heterocycles. The molecule has 0 amide bonds. The Kier molecular flexibility index (Phi) is 6.60. The van der Waals surface area contributed by atoms with Crippen LogP contribution in [0.5, 0.6) is 0 Å². The summed E-state index contributed by atoms with van der Waals surface area (Å²) in [5.41, 5.74) is 2.36. The quantitative estimate of drug-likeness (QED) is 0.582. The van der Waals surface area contributed by atoms with E-state index in [1.807, 2.05) is 30.3 Å². The van der Waals surface area contributed by atoms with Gasteiger partial charge in [0.2, 0.25) is 0 Å². The Morgan fingerprint density at radius 2 is 1.64 bits per heavy atom. The molecule has 0 bridgehead atoms. The van der Waals surface area contributed by atoms with Gasteiger partial charge in [-0.05, 0) is 0 Å². The monoisotopic (exact) mass is 298 g/mol. The van der Waals surface area contributed by atoms with Gasteiger partial charge in [-0.3, -0.25) is 0 Å². The Hall–Kier alpha value is -0.527. The van der Waals surface area contributed by atoms with Crippen LogP contribution in [-0.4, -0.2) is 4.98 Å². The second-order valence-corrected chi connectivity index (χ2v) is 2.54. The summed E-state index contributed by atoms with van der Waals surface area (Å²) >= 11 is 0. The molecular weight excluding hydrogens is 291 g/mol. The standard InChI is InChI=1S/C11H8N.BrH.Zn/c1-2-4-10(5-3-1)11-6-8-12-9-7-11;;/h1-8H;1H;/q-1;;. The fourth-order valence-corrected chi connectivity index (χ4v) is 1.13. The Morgan fingerprint density at radius 1 is 0.929 bits per heavy atom. The molecule has 0 radical (unpaired) electrons. The largest absolute Gasteiger partial charge is 0.394 e. The van der Waals surface area contributed by atoms with Gasteiger partial charge in [-0.1, -0.05) is 48.3 Å². The van der Waals surface area contributed by atoms with Gasteiger partial charge in [0.1, 0.15) is 0 Å². The zero-order valence-corrected chi connectivity index (χ0v) is 12.4. The van der Waals surface area contributed by atoms with E-state index in [2.05, 4.69) is 23.3 Å². The van der Waals surface area contributed by atoms with Crippen molar-refractivity contribution in [3.8, 4) is 11.1 Å². The topological polar surface area (TPSA) is 12.9 Å². The Labute approximate surface area is 107 Å². The number of halogens is 1. The summed E-state index contributed by atoms with van der Waals surface area (Å²) in [5.74, 6) is 0. The van der Waals surface area contributed by atoms with E-state index in [4.69, 9.17) is 0 Å². The van der Waals surface area contributed by atoms with Crippen molar-refractivity contribution in [2.45, 2.75) is 0 Å². The molecule has 0 atom stereocenters. The number of nitrogens with zero attached hydrogens (tertiary/aromatic N) is 1. The molecule has 2 rings (SSSR count). The summed E-state index contributed by atoms with van der Waals surface area (Å²) in [4.78, 5) is 3.85. The Bertz CT molecular complexity index is 313. The van der Waals surface area contributed by atoms with Crippen molar-refractivity contribution in [2.75, 3.05) is 0 Å². The van der Waals surface area contributed by atoms with E-state index in [1.54, 1.807) is 6.20 Å². The van der Waals surface area contributed by atoms with Crippen LogP contribution in [0.25, 0.3) is 11.1 Å². The number of hydrogen-bond donors (Lipinski definition) is 0. The van der Waals surface area contributed by atoms with Crippen LogP contribution in [0.15, 0.2) is 48.7 Å². The van der Waals surface area contributed by atoms with Crippen LogP contribution in [0.3, 0.4) is 0 Å². The van der Waals surface area contributed by atoms with Gasteiger partial charge in [0.25, 0.3) is 0 Å². The molecule has 0 aliphatic carbocycles. The molecular formula is C11H9BrNZn-. The fraction of sp³-hybridized carbons (Fsp3) is 0. The number of hydrogen-bond acceptors (Lipinski definition) is 1. The molecule has 2 aromatic rings. The van der Waals surface area contributed by atoms with Crippen molar-refractivity contribution in [3.05, 3.63) is 54.9 Å². The minimum absolute atomic E-state index is 0. The second-order valence-electron chi connectivity index (χ2n) is 2.54. The molecule has 0 N–H and O–H groups in total. The van der Waals surface area contributed by atoms with Gasteiger partial charge in [0.15, 0.2) is 0 Å². The van der Waals surface area contributed by atoms with E-state index in [1.165, 1.54) is 5.56 Å². The van der Waals surface area contributed by atoms with Crippen LogP contribution in [0.1, 0.15) is 0 Å². The summed E-state index contributed by atoms with van der Waals surface area (Å²) in [5, 5.41) is 0. The van der Waals surface area contributed by atoms with E-state index in [0.29, 0.717) is 0 Å². The maximum atomic E-state index is 3.85. The normalized spacial score (nSPS) is 8.29. The van der Waals surface area contributed by atoms with E-state index >= 15 is 0 Å². The fourth-order valence-electron chi connectivity index (χ4n) is 1.13. The average molecular weight is 300 g/mol. The first-order valence-electron chi connectivity index (χ1n) is 3.84. The van der Waals surface area contributed by atoms with Crippen LogP contribution in [0.4, 0.5) is 0 Å². The smallest absolute Gasteiger partial charge is 0 e. The van der Waals surface area contributed by atoms with Crippen LogP contribution in [-0.2, 0) is 19.5 Å². The van der Waals surface area contributed by atoms with Crippen molar-refractivity contribution in [3.63, 3.8) is 0 Å². The zero-order chi connectivity index (χ0) is 8.23. The van der Waals surface area contributed by atoms with Crippen molar-refractivity contribution in [1.82, 2.24) is 4.98 Å². The predicted octanol–water partition coefficient (Wildman–Crippen LogP) is 3.12. The summed E-state index contributed by atoms with van der Waals surface area (Å²) < 4.78 is 0. The average Bonchev–Trinajstić information content (AvgIpc) is 2.21. The molecule has 0 spiro atoms. The van der Waals surface area contributed by atoms with Gasteiger partial charge in [-0.2, -0.15) is 6.07 Å². The summed E-state index contributed by atoms with van der Waals surface area (Å²) in [6.07, 6.45) is 4.56. The van der Waals surface area contributed by atoms with E-state index < -0.39 is 0 Å². The molecule has 0 fully saturated rings. The summed E-state index contributed by atoms with van der Waals surface area (Å²) in [6, 6.07) is 14.1. The SMILES string of the molecule is Br.[Zn].[c-]1cc(-c2ccccc2)ccn1. The molecule has 3 heteroatoms. The minimum Gasteiger partial charge on any atom is -0.394 e. The molecule has 0 aliphatic rings. The van der Waals surface area contributed by atoms with E-state index in [-0.39, 0.29) is 36.5 Å². The zero-order valence-electron chi connectivity index (χ0n) is 7.68. The molecule has 1 nitrogen and oxygen atoms in total. The van der Waals surface area contributed by atoms with Gasteiger partial charge in [0.05, 0.1) is 0 Å². The predicted molar refractivity (Wildman–Crippen MR) is 58.8 cm³/mol. The van der Waals surface area contributed by atoms with E-state index in [9.17, 15) is 0 Å². The van der Waals surface area contributed by atoms with Crippen LogP contribution in [0, 0.1) is 6.20 Å². The second kappa shape index (κ2) is 6.86.